The van der Waals surface area contributed by atoms with Crippen molar-refractivity contribution in [2.45, 2.75) is 19.0 Å². The zero-order valence-corrected chi connectivity index (χ0v) is 14.4. The van der Waals surface area contributed by atoms with Gasteiger partial charge in [0.15, 0.2) is 0 Å². The fourth-order valence-electron chi connectivity index (χ4n) is 2.81. The maximum absolute atomic E-state index is 10.5. The average Bonchev–Trinajstić information content (AvgIpc) is 3.03. The van der Waals surface area contributed by atoms with Crippen molar-refractivity contribution in [2.75, 3.05) is 18.4 Å². The molecule has 0 amide bonds. The molecule has 25 heavy (non-hydrogen) atoms. The SMILES string of the molecule is O=C(O)C=Cc1cnc(N[C@@H]2CCN(Cc3ccc(Cl)cc3)C2)cn1. The molecule has 2 N–H and O–H groups in total. The van der Waals surface area contributed by atoms with Crippen LogP contribution in [0.3, 0.4) is 0 Å². The number of benzene rings is 1. The van der Waals surface area contributed by atoms with Crippen LogP contribution < -0.4 is 5.32 Å². The minimum atomic E-state index is -1.00. The Bertz CT molecular complexity index is 747. The quantitative estimate of drug-likeness (QED) is 0.773. The summed E-state index contributed by atoms with van der Waals surface area (Å²) in [6.45, 7) is 2.86. The Hall–Kier alpha value is -2.44. The van der Waals surface area contributed by atoms with Gasteiger partial charge in [-0.3, -0.25) is 9.88 Å². The second-order valence-electron chi connectivity index (χ2n) is 5.99. The van der Waals surface area contributed by atoms with Crippen LogP contribution in [0.4, 0.5) is 5.82 Å². The van der Waals surface area contributed by atoms with Crippen LogP contribution in [0.1, 0.15) is 17.7 Å². The second kappa shape index (κ2) is 8.09. The van der Waals surface area contributed by atoms with Crippen molar-refractivity contribution in [3.05, 3.63) is 59.0 Å². The predicted molar refractivity (Wildman–Crippen MR) is 97.5 cm³/mol. The number of hydrogen-bond acceptors (Lipinski definition) is 5. The molecule has 3 rings (SSSR count). The summed E-state index contributed by atoms with van der Waals surface area (Å²) in [6, 6.07) is 8.26. The second-order valence-corrected chi connectivity index (χ2v) is 6.43. The van der Waals surface area contributed by atoms with Crippen molar-refractivity contribution in [3.8, 4) is 0 Å². The molecule has 7 heteroatoms. The highest BCUT2D eigenvalue weighted by atomic mass is 35.5. The normalized spacial score (nSPS) is 17.9. The number of anilines is 1. The Morgan fingerprint density at radius 3 is 2.80 bits per heavy atom. The highest BCUT2D eigenvalue weighted by Crippen LogP contribution is 2.18. The molecule has 0 bridgehead atoms. The number of likely N-dealkylation sites (tertiary alicyclic amines) is 1. The van der Waals surface area contributed by atoms with Gasteiger partial charge in [-0.2, -0.15) is 0 Å². The molecule has 0 radical (unpaired) electrons. The third-order valence-electron chi connectivity index (χ3n) is 4.01. The predicted octanol–water partition coefficient (Wildman–Crippen LogP) is 2.91. The molecule has 130 valence electrons. The van der Waals surface area contributed by atoms with E-state index in [9.17, 15) is 4.79 Å². The monoisotopic (exact) mass is 358 g/mol. The molecule has 2 aromatic rings. The Morgan fingerprint density at radius 1 is 1.32 bits per heavy atom. The summed E-state index contributed by atoms with van der Waals surface area (Å²) in [5, 5.41) is 12.7. The smallest absolute Gasteiger partial charge is 0.328 e. The van der Waals surface area contributed by atoms with E-state index in [0.29, 0.717) is 17.6 Å². The molecular weight excluding hydrogens is 340 g/mol. The maximum atomic E-state index is 10.5. The number of carbonyl (C=O) groups is 1. The highest BCUT2D eigenvalue weighted by Gasteiger charge is 2.22. The number of carboxylic acids is 1. The molecule has 1 aliphatic rings. The molecular formula is C18H19ClN4O2. The van der Waals surface area contributed by atoms with E-state index in [1.807, 2.05) is 12.1 Å². The Morgan fingerprint density at radius 2 is 2.12 bits per heavy atom. The van der Waals surface area contributed by atoms with Crippen LogP contribution in [-0.4, -0.2) is 45.1 Å². The molecule has 1 aromatic carbocycles. The first-order valence-corrected chi connectivity index (χ1v) is 8.43. The Kier molecular flexibility index (Phi) is 5.63. The zero-order chi connectivity index (χ0) is 17.6. The van der Waals surface area contributed by atoms with Gasteiger partial charge in [0.1, 0.15) is 5.82 Å². The molecule has 1 aromatic heterocycles. The van der Waals surface area contributed by atoms with E-state index >= 15 is 0 Å². The lowest BCUT2D eigenvalue weighted by atomic mass is 10.2. The first-order valence-electron chi connectivity index (χ1n) is 8.05. The first kappa shape index (κ1) is 17.4. The Balaban J connectivity index is 1.51. The van der Waals surface area contributed by atoms with Crippen LogP contribution >= 0.6 is 11.6 Å². The molecule has 1 fully saturated rings. The lowest BCUT2D eigenvalue weighted by Gasteiger charge is -2.17. The van der Waals surface area contributed by atoms with E-state index in [4.69, 9.17) is 16.7 Å². The largest absolute Gasteiger partial charge is 0.478 e. The molecule has 2 heterocycles. The number of rotatable bonds is 6. The van der Waals surface area contributed by atoms with E-state index in [1.165, 1.54) is 11.6 Å². The lowest BCUT2D eigenvalue weighted by Crippen LogP contribution is -2.26. The number of nitrogens with zero attached hydrogens (tertiary/aromatic N) is 3. The maximum Gasteiger partial charge on any atom is 0.328 e. The fourth-order valence-corrected chi connectivity index (χ4v) is 2.93. The summed E-state index contributed by atoms with van der Waals surface area (Å²) < 4.78 is 0. The molecule has 1 aliphatic heterocycles. The standard InChI is InChI=1S/C18H19ClN4O2/c19-14-3-1-13(2-4-14)11-23-8-7-16(12-23)22-17-10-20-15(9-21-17)5-6-18(24)25/h1-6,9-10,16H,7-8,11-12H2,(H,21,22)(H,24,25)/t16-/m1/s1. The molecule has 6 nitrogen and oxygen atoms in total. The number of nitrogens with one attached hydrogen (secondary N) is 1. The van der Waals surface area contributed by atoms with Gasteiger partial charge in [0.2, 0.25) is 0 Å². The summed E-state index contributed by atoms with van der Waals surface area (Å²) in [5.41, 5.74) is 1.77. The van der Waals surface area contributed by atoms with Gasteiger partial charge in [0, 0.05) is 36.8 Å². The number of halogens is 1. The van der Waals surface area contributed by atoms with Gasteiger partial charge in [-0.1, -0.05) is 23.7 Å². The van der Waals surface area contributed by atoms with Crippen molar-refractivity contribution in [1.82, 2.24) is 14.9 Å². The zero-order valence-electron chi connectivity index (χ0n) is 13.6. The van der Waals surface area contributed by atoms with Crippen LogP contribution in [0.15, 0.2) is 42.7 Å². The summed E-state index contributed by atoms with van der Waals surface area (Å²) in [7, 11) is 0. The van der Waals surface area contributed by atoms with Gasteiger partial charge in [0.05, 0.1) is 18.1 Å². The van der Waals surface area contributed by atoms with Gasteiger partial charge in [0.25, 0.3) is 0 Å². The van der Waals surface area contributed by atoms with E-state index in [1.54, 1.807) is 12.4 Å². The van der Waals surface area contributed by atoms with Crippen LogP contribution in [0.25, 0.3) is 6.08 Å². The minimum Gasteiger partial charge on any atom is -0.478 e. The highest BCUT2D eigenvalue weighted by molar-refractivity contribution is 6.30. The number of carboxylic acid groups (broad SMARTS) is 1. The topological polar surface area (TPSA) is 78.3 Å². The van der Waals surface area contributed by atoms with Gasteiger partial charge < -0.3 is 10.4 Å². The van der Waals surface area contributed by atoms with Crippen molar-refractivity contribution < 1.29 is 9.90 Å². The molecule has 0 spiro atoms. The average molecular weight is 359 g/mol. The van der Waals surface area contributed by atoms with Crippen molar-refractivity contribution >= 4 is 29.5 Å². The van der Waals surface area contributed by atoms with Crippen molar-refractivity contribution in [1.29, 1.82) is 0 Å². The molecule has 0 unspecified atom stereocenters. The van der Waals surface area contributed by atoms with E-state index in [-0.39, 0.29) is 0 Å². The van der Waals surface area contributed by atoms with Gasteiger partial charge in [-0.15, -0.1) is 0 Å². The van der Waals surface area contributed by atoms with Crippen LogP contribution in [-0.2, 0) is 11.3 Å². The minimum absolute atomic E-state index is 0.321. The summed E-state index contributed by atoms with van der Waals surface area (Å²) in [5.74, 6) is -0.304. The van der Waals surface area contributed by atoms with E-state index < -0.39 is 5.97 Å². The van der Waals surface area contributed by atoms with Gasteiger partial charge >= 0.3 is 5.97 Å². The molecule has 0 saturated carbocycles. The van der Waals surface area contributed by atoms with Gasteiger partial charge in [-0.25, -0.2) is 9.78 Å². The molecule has 1 saturated heterocycles. The molecule has 1 atom stereocenters. The first-order chi connectivity index (χ1) is 12.1. The Labute approximate surface area is 151 Å². The number of aliphatic carboxylic acids is 1. The summed E-state index contributed by atoms with van der Waals surface area (Å²) >= 11 is 5.92. The number of hydrogen-bond donors (Lipinski definition) is 2. The van der Waals surface area contributed by atoms with E-state index in [2.05, 4.69) is 32.3 Å². The fraction of sp³-hybridized carbons (Fsp3) is 0.278. The summed E-state index contributed by atoms with van der Waals surface area (Å²) in [4.78, 5) is 21.4. The third kappa shape index (κ3) is 5.27. The third-order valence-corrected chi connectivity index (χ3v) is 4.26. The van der Waals surface area contributed by atoms with E-state index in [0.717, 1.165) is 37.2 Å². The molecule has 0 aliphatic carbocycles. The van der Waals surface area contributed by atoms with Crippen LogP contribution in [0, 0.1) is 0 Å². The van der Waals surface area contributed by atoms with Crippen LogP contribution in [0.5, 0.6) is 0 Å². The summed E-state index contributed by atoms with van der Waals surface area (Å²) in [6.07, 6.45) is 6.69. The van der Waals surface area contributed by atoms with Crippen molar-refractivity contribution in [2.24, 2.45) is 0 Å². The number of aromatic nitrogens is 2. The lowest BCUT2D eigenvalue weighted by molar-refractivity contribution is -0.131. The van der Waals surface area contributed by atoms with Crippen molar-refractivity contribution in [3.63, 3.8) is 0 Å². The van der Waals surface area contributed by atoms with Crippen LogP contribution in [0.2, 0.25) is 5.02 Å². The van der Waals surface area contributed by atoms with Gasteiger partial charge in [-0.05, 0) is 30.2 Å².